The Kier molecular flexibility index (Phi) is 3.69. The maximum atomic E-state index is 8.87. The van der Waals surface area contributed by atoms with E-state index < -0.39 is 0 Å². The Hall–Kier alpha value is -2.21. The van der Waals surface area contributed by atoms with Crippen molar-refractivity contribution in [3.05, 3.63) is 41.5 Å². The van der Waals surface area contributed by atoms with Gasteiger partial charge in [-0.1, -0.05) is 37.6 Å². The van der Waals surface area contributed by atoms with E-state index in [-0.39, 0.29) is 0 Å². The number of nitriles is 1. The summed E-state index contributed by atoms with van der Waals surface area (Å²) in [6, 6.07) is 12.3. The molecular formula is C15H17N3. The molecule has 0 amide bonds. The van der Waals surface area contributed by atoms with Gasteiger partial charge in [0.05, 0.1) is 5.56 Å². The maximum absolute atomic E-state index is 8.87. The average Bonchev–Trinajstić information content (AvgIpc) is 2.78. The highest BCUT2D eigenvalue weighted by atomic mass is 14.9. The summed E-state index contributed by atoms with van der Waals surface area (Å²) in [6.07, 6.45) is 3.54. The fourth-order valence-electron chi connectivity index (χ4n) is 1.95. The van der Waals surface area contributed by atoms with Gasteiger partial charge in [-0.3, -0.25) is 0 Å². The van der Waals surface area contributed by atoms with Crippen LogP contribution in [-0.2, 0) is 6.42 Å². The Morgan fingerprint density at radius 3 is 2.56 bits per heavy atom. The summed E-state index contributed by atoms with van der Waals surface area (Å²) >= 11 is 0. The molecule has 3 N–H and O–H groups in total. The van der Waals surface area contributed by atoms with Crippen molar-refractivity contribution in [3.63, 3.8) is 0 Å². The number of hydrogen-bond acceptors (Lipinski definition) is 2. The van der Waals surface area contributed by atoms with Gasteiger partial charge < -0.3 is 10.7 Å². The minimum Gasteiger partial charge on any atom is -0.384 e. The van der Waals surface area contributed by atoms with Gasteiger partial charge in [-0.2, -0.15) is 5.26 Å². The molecule has 0 spiro atoms. The van der Waals surface area contributed by atoms with Gasteiger partial charge >= 0.3 is 0 Å². The van der Waals surface area contributed by atoms with Crippen molar-refractivity contribution in [3.8, 4) is 17.3 Å². The quantitative estimate of drug-likeness (QED) is 0.857. The number of hydrogen-bond donors (Lipinski definition) is 2. The molecule has 0 aliphatic carbocycles. The fourth-order valence-corrected chi connectivity index (χ4v) is 1.95. The summed E-state index contributed by atoms with van der Waals surface area (Å²) in [5.41, 5.74) is 9.51. The molecule has 1 aromatic heterocycles. The van der Waals surface area contributed by atoms with Crippen molar-refractivity contribution in [2.75, 3.05) is 5.73 Å². The maximum Gasteiger partial charge on any atom is 0.119 e. The van der Waals surface area contributed by atoms with E-state index in [1.165, 1.54) is 18.4 Å². The number of H-pyrrole nitrogens is 1. The van der Waals surface area contributed by atoms with Crippen LogP contribution in [0.25, 0.3) is 11.3 Å². The normalized spacial score (nSPS) is 10.2. The molecule has 0 fully saturated rings. The summed E-state index contributed by atoms with van der Waals surface area (Å²) in [6.45, 7) is 2.19. The van der Waals surface area contributed by atoms with Crippen molar-refractivity contribution in [2.45, 2.75) is 26.2 Å². The third-order valence-corrected chi connectivity index (χ3v) is 3.05. The van der Waals surface area contributed by atoms with Crippen molar-refractivity contribution in [1.29, 1.82) is 5.26 Å². The second-order valence-corrected chi connectivity index (χ2v) is 4.42. The predicted octanol–water partition coefficient (Wildman–Crippen LogP) is 3.48. The number of nitrogens with one attached hydrogen (secondary N) is 1. The summed E-state index contributed by atoms with van der Waals surface area (Å²) in [5, 5.41) is 8.87. The summed E-state index contributed by atoms with van der Waals surface area (Å²) < 4.78 is 0. The van der Waals surface area contributed by atoms with E-state index in [1.807, 2.05) is 0 Å². The van der Waals surface area contributed by atoms with Crippen LogP contribution < -0.4 is 5.73 Å². The zero-order valence-electron chi connectivity index (χ0n) is 10.5. The SMILES string of the molecule is CCCCc1ccc(-c2cc(C#N)c(N)[nH]2)cc1. The zero-order chi connectivity index (χ0) is 13.0. The van der Waals surface area contributed by atoms with Gasteiger partial charge in [0.1, 0.15) is 11.9 Å². The van der Waals surface area contributed by atoms with E-state index in [2.05, 4.69) is 42.2 Å². The van der Waals surface area contributed by atoms with Crippen LogP contribution in [0.4, 0.5) is 5.82 Å². The van der Waals surface area contributed by atoms with Gasteiger partial charge in [-0.25, -0.2) is 0 Å². The van der Waals surface area contributed by atoms with Crippen molar-refractivity contribution < 1.29 is 0 Å². The minimum absolute atomic E-state index is 0.433. The second kappa shape index (κ2) is 5.42. The number of aromatic amines is 1. The van der Waals surface area contributed by atoms with Crippen LogP contribution in [-0.4, -0.2) is 4.98 Å². The molecule has 2 aromatic rings. The van der Waals surface area contributed by atoms with E-state index in [0.29, 0.717) is 11.4 Å². The number of rotatable bonds is 4. The molecule has 0 aliphatic rings. The molecule has 1 aromatic carbocycles. The first-order chi connectivity index (χ1) is 8.74. The average molecular weight is 239 g/mol. The van der Waals surface area contributed by atoms with Crippen LogP contribution >= 0.6 is 0 Å². The molecule has 0 bridgehead atoms. The van der Waals surface area contributed by atoms with Crippen LogP contribution in [0.1, 0.15) is 30.9 Å². The van der Waals surface area contributed by atoms with E-state index in [9.17, 15) is 0 Å². The van der Waals surface area contributed by atoms with Crippen LogP contribution in [0.2, 0.25) is 0 Å². The topological polar surface area (TPSA) is 65.6 Å². The van der Waals surface area contributed by atoms with Gasteiger partial charge in [0.15, 0.2) is 0 Å². The molecule has 92 valence electrons. The first-order valence-corrected chi connectivity index (χ1v) is 6.22. The third kappa shape index (κ3) is 2.54. The Morgan fingerprint density at radius 2 is 2.00 bits per heavy atom. The van der Waals surface area contributed by atoms with Crippen molar-refractivity contribution in [1.82, 2.24) is 4.98 Å². The Morgan fingerprint density at radius 1 is 1.28 bits per heavy atom. The van der Waals surface area contributed by atoms with Crippen molar-refractivity contribution in [2.24, 2.45) is 0 Å². The largest absolute Gasteiger partial charge is 0.384 e. The van der Waals surface area contributed by atoms with Crippen LogP contribution in [0.15, 0.2) is 30.3 Å². The molecule has 0 atom stereocenters. The predicted molar refractivity (Wildman–Crippen MR) is 74.0 cm³/mol. The van der Waals surface area contributed by atoms with Gasteiger partial charge in [-0.05, 0) is 30.0 Å². The molecule has 2 rings (SSSR count). The molecule has 0 saturated carbocycles. The molecule has 1 heterocycles. The number of nitrogens with two attached hydrogens (primary N) is 1. The number of aryl methyl sites for hydroxylation is 1. The molecule has 0 aliphatic heterocycles. The molecule has 0 radical (unpaired) electrons. The highest BCUT2D eigenvalue weighted by molar-refractivity contribution is 5.67. The van der Waals surface area contributed by atoms with Crippen LogP contribution in [0, 0.1) is 11.3 Å². The van der Waals surface area contributed by atoms with Crippen LogP contribution in [0.5, 0.6) is 0 Å². The fraction of sp³-hybridized carbons (Fsp3) is 0.267. The monoisotopic (exact) mass is 239 g/mol. The number of anilines is 1. The van der Waals surface area contributed by atoms with E-state index in [0.717, 1.165) is 17.7 Å². The summed E-state index contributed by atoms with van der Waals surface area (Å²) in [7, 11) is 0. The molecule has 18 heavy (non-hydrogen) atoms. The highest BCUT2D eigenvalue weighted by Gasteiger charge is 2.06. The number of unbranched alkanes of at least 4 members (excludes halogenated alkanes) is 1. The first kappa shape index (κ1) is 12.3. The molecule has 3 heteroatoms. The van der Waals surface area contributed by atoms with Gasteiger partial charge in [-0.15, -0.1) is 0 Å². The van der Waals surface area contributed by atoms with E-state index in [4.69, 9.17) is 11.0 Å². The smallest absolute Gasteiger partial charge is 0.119 e. The zero-order valence-corrected chi connectivity index (χ0v) is 10.5. The van der Waals surface area contributed by atoms with Gasteiger partial charge in [0, 0.05) is 5.69 Å². The van der Waals surface area contributed by atoms with Crippen molar-refractivity contribution >= 4 is 5.82 Å². The molecule has 3 nitrogen and oxygen atoms in total. The third-order valence-electron chi connectivity index (χ3n) is 3.05. The van der Waals surface area contributed by atoms with E-state index >= 15 is 0 Å². The lowest BCUT2D eigenvalue weighted by atomic mass is 10.0. The van der Waals surface area contributed by atoms with E-state index in [1.54, 1.807) is 6.07 Å². The number of nitrogens with zero attached hydrogens (tertiary/aromatic N) is 1. The number of aromatic nitrogens is 1. The van der Waals surface area contributed by atoms with Crippen LogP contribution in [0.3, 0.4) is 0 Å². The Balaban J connectivity index is 2.21. The number of nitrogen functional groups attached to an aromatic ring is 1. The Labute approximate surface area is 107 Å². The van der Waals surface area contributed by atoms with Gasteiger partial charge in [0.2, 0.25) is 0 Å². The second-order valence-electron chi connectivity index (χ2n) is 4.42. The minimum atomic E-state index is 0.433. The lowest BCUT2D eigenvalue weighted by Gasteiger charge is -2.02. The molecule has 0 unspecified atom stereocenters. The molecule has 0 saturated heterocycles. The lowest BCUT2D eigenvalue weighted by Crippen LogP contribution is -1.87. The Bertz CT molecular complexity index is 558. The summed E-state index contributed by atoms with van der Waals surface area (Å²) in [5.74, 6) is 0.433. The summed E-state index contributed by atoms with van der Waals surface area (Å²) in [4.78, 5) is 3.03. The highest BCUT2D eigenvalue weighted by Crippen LogP contribution is 2.23. The lowest BCUT2D eigenvalue weighted by molar-refractivity contribution is 0.795. The molecular weight excluding hydrogens is 222 g/mol. The van der Waals surface area contributed by atoms with Gasteiger partial charge in [0.25, 0.3) is 0 Å². The first-order valence-electron chi connectivity index (χ1n) is 6.22. The number of benzene rings is 1. The standard InChI is InChI=1S/C15H17N3/c1-2-3-4-11-5-7-12(8-6-11)14-9-13(10-16)15(17)18-14/h5-9,18H,2-4,17H2,1H3.